The third-order valence-electron chi connectivity index (χ3n) is 5.80. The molecule has 0 spiro atoms. The van der Waals surface area contributed by atoms with Crippen LogP contribution in [0.1, 0.15) is 60.3 Å². The van der Waals surface area contributed by atoms with Gasteiger partial charge in [-0.05, 0) is 69.4 Å². The molecule has 168 valence electrons. The fourth-order valence-electron chi connectivity index (χ4n) is 3.90. The number of nitrogens with zero attached hydrogens (tertiary/aromatic N) is 2. The summed E-state index contributed by atoms with van der Waals surface area (Å²) < 4.78 is 7.89. The number of nitrogens with one attached hydrogen (secondary N) is 1. The van der Waals surface area contributed by atoms with Crippen LogP contribution in [0.15, 0.2) is 39.9 Å². The van der Waals surface area contributed by atoms with E-state index in [2.05, 4.69) is 26.2 Å². The molecule has 0 radical (unpaired) electrons. The summed E-state index contributed by atoms with van der Waals surface area (Å²) in [7, 11) is 0. The van der Waals surface area contributed by atoms with E-state index in [1.807, 2.05) is 12.1 Å². The van der Waals surface area contributed by atoms with Crippen LogP contribution in [0.5, 0.6) is 0 Å². The molecule has 32 heavy (non-hydrogen) atoms. The van der Waals surface area contributed by atoms with Gasteiger partial charge in [0, 0.05) is 10.2 Å². The number of thiophene rings is 1. The lowest BCUT2D eigenvalue weighted by molar-refractivity contribution is -0.118. The fourth-order valence-corrected chi connectivity index (χ4v) is 5.19. The molecule has 0 bridgehead atoms. The van der Waals surface area contributed by atoms with E-state index < -0.39 is 12.0 Å². The molecule has 1 saturated carbocycles. The van der Waals surface area contributed by atoms with Crippen LogP contribution in [-0.2, 0) is 9.53 Å². The number of anilines is 1. The Balaban J connectivity index is 1.58. The van der Waals surface area contributed by atoms with Crippen LogP contribution in [0.3, 0.4) is 0 Å². The minimum Gasteiger partial charge on any atom is -0.458 e. The Morgan fingerprint density at radius 3 is 2.59 bits per heavy atom. The third-order valence-corrected chi connectivity index (χ3v) is 7.50. The van der Waals surface area contributed by atoms with Gasteiger partial charge >= 0.3 is 5.97 Å². The van der Waals surface area contributed by atoms with E-state index in [0.29, 0.717) is 26.3 Å². The Morgan fingerprint density at radius 1 is 1.22 bits per heavy atom. The summed E-state index contributed by atoms with van der Waals surface area (Å²) in [5, 5.41) is 3.17. The second-order valence-corrected chi connectivity index (χ2v) is 9.95. The molecule has 1 N–H and O–H groups in total. The van der Waals surface area contributed by atoms with Crippen molar-refractivity contribution in [1.82, 2.24) is 9.55 Å². The standard InChI is InChI=1S/C23H24BrN3O4S/c1-13-18-21(32-19(13)23(30)31-17-6-4-3-5-7-17)25-12-27(22(18)29)14(2)20(28)26-16-10-8-15(24)9-11-16/h8-12,14,17H,3-7H2,1-2H3,(H,26,28). The zero-order valence-corrected chi connectivity index (χ0v) is 20.3. The highest BCUT2D eigenvalue weighted by Crippen LogP contribution is 2.30. The molecule has 0 saturated heterocycles. The molecular formula is C23H24BrN3O4S. The van der Waals surface area contributed by atoms with Crippen molar-refractivity contribution in [3.63, 3.8) is 0 Å². The number of hydrogen-bond acceptors (Lipinski definition) is 6. The fraction of sp³-hybridized carbons (Fsp3) is 0.391. The maximum atomic E-state index is 13.2. The van der Waals surface area contributed by atoms with Gasteiger partial charge in [0.1, 0.15) is 21.9 Å². The van der Waals surface area contributed by atoms with Crippen molar-refractivity contribution in [2.24, 2.45) is 0 Å². The first-order valence-corrected chi connectivity index (χ1v) is 12.2. The summed E-state index contributed by atoms with van der Waals surface area (Å²) in [4.78, 5) is 43.9. The average molecular weight is 518 g/mol. The third kappa shape index (κ3) is 4.63. The van der Waals surface area contributed by atoms with E-state index in [1.165, 1.54) is 17.3 Å². The summed E-state index contributed by atoms with van der Waals surface area (Å²) >= 11 is 4.52. The molecule has 1 aliphatic rings. The lowest BCUT2D eigenvalue weighted by Gasteiger charge is -2.21. The largest absolute Gasteiger partial charge is 0.458 e. The first-order chi connectivity index (χ1) is 15.3. The normalized spacial score (nSPS) is 15.5. The Hall–Kier alpha value is -2.52. The molecule has 1 aromatic carbocycles. The van der Waals surface area contributed by atoms with Gasteiger partial charge in [-0.25, -0.2) is 9.78 Å². The molecule has 1 atom stereocenters. The summed E-state index contributed by atoms with van der Waals surface area (Å²) in [6.07, 6.45) is 6.37. The van der Waals surface area contributed by atoms with E-state index in [4.69, 9.17) is 4.74 Å². The molecule has 1 fully saturated rings. The summed E-state index contributed by atoms with van der Waals surface area (Å²) in [5.41, 5.74) is 0.837. The Morgan fingerprint density at radius 2 is 1.91 bits per heavy atom. The topological polar surface area (TPSA) is 90.3 Å². The second kappa shape index (κ2) is 9.54. The number of aromatic nitrogens is 2. The summed E-state index contributed by atoms with van der Waals surface area (Å²) in [6.45, 7) is 3.37. The zero-order chi connectivity index (χ0) is 22.8. The SMILES string of the molecule is Cc1c(C(=O)OC2CCCCC2)sc2ncn(C(C)C(=O)Nc3ccc(Br)cc3)c(=O)c12. The van der Waals surface area contributed by atoms with Crippen molar-refractivity contribution >= 4 is 55.0 Å². The molecule has 1 unspecified atom stereocenters. The number of ether oxygens (including phenoxy) is 1. The second-order valence-electron chi connectivity index (χ2n) is 8.03. The number of esters is 1. The lowest BCUT2D eigenvalue weighted by atomic mass is 9.98. The number of benzene rings is 1. The highest BCUT2D eigenvalue weighted by Gasteiger charge is 2.26. The Kier molecular flexibility index (Phi) is 6.76. The van der Waals surface area contributed by atoms with Gasteiger partial charge in [-0.15, -0.1) is 11.3 Å². The van der Waals surface area contributed by atoms with Crippen molar-refractivity contribution in [1.29, 1.82) is 0 Å². The van der Waals surface area contributed by atoms with E-state index in [0.717, 1.165) is 41.5 Å². The predicted molar refractivity (Wildman–Crippen MR) is 128 cm³/mol. The van der Waals surface area contributed by atoms with Crippen LogP contribution in [0, 0.1) is 6.92 Å². The Labute approximate surface area is 197 Å². The van der Waals surface area contributed by atoms with Crippen LogP contribution in [-0.4, -0.2) is 27.5 Å². The maximum Gasteiger partial charge on any atom is 0.348 e. The minimum absolute atomic E-state index is 0.0622. The van der Waals surface area contributed by atoms with Gasteiger partial charge in [0.15, 0.2) is 0 Å². The van der Waals surface area contributed by atoms with Gasteiger partial charge in [-0.3, -0.25) is 14.2 Å². The maximum absolute atomic E-state index is 13.2. The number of halogens is 1. The van der Waals surface area contributed by atoms with Crippen LogP contribution in [0.25, 0.3) is 10.2 Å². The molecule has 2 aromatic heterocycles. The molecule has 3 aromatic rings. The molecule has 1 aliphatic carbocycles. The summed E-state index contributed by atoms with van der Waals surface area (Å²) in [5.74, 6) is -0.732. The molecule has 7 nitrogen and oxygen atoms in total. The van der Waals surface area contributed by atoms with Crippen molar-refractivity contribution in [2.75, 3.05) is 5.32 Å². The number of aryl methyl sites for hydroxylation is 1. The summed E-state index contributed by atoms with van der Waals surface area (Å²) in [6, 6.07) is 6.41. The average Bonchev–Trinajstić information content (AvgIpc) is 3.13. The molecule has 4 rings (SSSR count). The van der Waals surface area contributed by atoms with Crippen LogP contribution in [0.2, 0.25) is 0 Å². The van der Waals surface area contributed by atoms with E-state index in [1.54, 1.807) is 26.0 Å². The van der Waals surface area contributed by atoms with Gasteiger partial charge in [-0.2, -0.15) is 0 Å². The molecule has 1 amide bonds. The van der Waals surface area contributed by atoms with Gasteiger partial charge in [-0.1, -0.05) is 22.4 Å². The zero-order valence-electron chi connectivity index (χ0n) is 17.9. The van der Waals surface area contributed by atoms with E-state index in [-0.39, 0.29) is 17.6 Å². The van der Waals surface area contributed by atoms with Crippen molar-refractivity contribution in [2.45, 2.75) is 58.1 Å². The number of fused-ring (bicyclic) bond motifs is 1. The number of carbonyl (C=O) groups is 2. The van der Waals surface area contributed by atoms with Crippen molar-refractivity contribution in [3.8, 4) is 0 Å². The number of carbonyl (C=O) groups excluding carboxylic acids is 2. The predicted octanol–water partition coefficient (Wildman–Crippen LogP) is 5.22. The highest BCUT2D eigenvalue weighted by molar-refractivity contribution is 9.10. The first-order valence-electron chi connectivity index (χ1n) is 10.6. The number of rotatable bonds is 5. The van der Waals surface area contributed by atoms with Crippen LogP contribution >= 0.6 is 27.3 Å². The minimum atomic E-state index is -0.778. The molecule has 2 heterocycles. The molecule has 0 aliphatic heterocycles. The number of amides is 1. The van der Waals surface area contributed by atoms with Crippen molar-refractivity contribution in [3.05, 3.63) is 55.9 Å². The monoisotopic (exact) mass is 517 g/mol. The van der Waals surface area contributed by atoms with Crippen molar-refractivity contribution < 1.29 is 14.3 Å². The van der Waals surface area contributed by atoms with Gasteiger partial charge < -0.3 is 10.1 Å². The van der Waals surface area contributed by atoms with Gasteiger partial charge in [0.05, 0.1) is 11.7 Å². The molecule has 9 heteroatoms. The smallest absolute Gasteiger partial charge is 0.348 e. The van der Waals surface area contributed by atoms with E-state index >= 15 is 0 Å². The Bertz CT molecular complexity index is 1210. The number of hydrogen-bond donors (Lipinski definition) is 1. The van der Waals surface area contributed by atoms with E-state index in [9.17, 15) is 14.4 Å². The quantitative estimate of drug-likeness (QED) is 0.468. The highest BCUT2D eigenvalue weighted by atomic mass is 79.9. The van der Waals surface area contributed by atoms with Crippen LogP contribution in [0.4, 0.5) is 5.69 Å². The van der Waals surface area contributed by atoms with Gasteiger partial charge in [0.25, 0.3) is 5.56 Å². The lowest BCUT2D eigenvalue weighted by Crippen LogP contribution is -2.31. The van der Waals surface area contributed by atoms with Gasteiger partial charge in [0.2, 0.25) is 5.91 Å². The molecular weight excluding hydrogens is 494 g/mol. The van der Waals surface area contributed by atoms with Crippen LogP contribution < -0.4 is 10.9 Å². The first kappa shape index (κ1) is 22.7.